The molecule has 0 unspecified atom stereocenters. The molecule has 0 N–H and O–H groups in total. The number of halogens is 3. The van der Waals surface area contributed by atoms with Crippen molar-refractivity contribution >= 4 is 5.91 Å². The summed E-state index contributed by atoms with van der Waals surface area (Å²) in [6, 6.07) is 8.33. The molecule has 3 aromatic rings. The van der Waals surface area contributed by atoms with Crippen LogP contribution in [0, 0.1) is 0 Å². The predicted octanol–water partition coefficient (Wildman–Crippen LogP) is 3.77. The van der Waals surface area contributed by atoms with Crippen LogP contribution in [0.25, 0.3) is 11.3 Å². The summed E-state index contributed by atoms with van der Waals surface area (Å²) in [5.74, 6) is -0.276. The molecule has 0 saturated heterocycles. The van der Waals surface area contributed by atoms with E-state index in [-0.39, 0.29) is 12.5 Å². The van der Waals surface area contributed by atoms with Crippen molar-refractivity contribution in [2.45, 2.75) is 12.7 Å². The number of rotatable bonds is 4. The normalized spacial score (nSPS) is 11.4. The van der Waals surface area contributed by atoms with Crippen LogP contribution in [0.3, 0.4) is 0 Å². The highest BCUT2D eigenvalue weighted by Gasteiger charge is 2.30. The Morgan fingerprint density at radius 2 is 1.89 bits per heavy atom. The van der Waals surface area contributed by atoms with Gasteiger partial charge in [-0.1, -0.05) is 12.1 Å². The topological polar surface area (TPSA) is 51.0 Å². The number of nitrogens with zero attached hydrogens (tertiary/aromatic N) is 4. The van der Waals surface area contributed by atoms with Gasteiger partial charge in [-0.25, -0.2) is 0 Å². The lowest BCUT2D eigenvalue weighted by molar-refractivity contribution is -0.137. The number of aromatic nitrogens is 3. The lowest BCUT2D eigenvalue weighted by atomic mass is 10.1. The van der Waals surface area contributed by atoms with E-state index >= 15 is 0 Å². The molecule has 0 aliphatic rings. The molecule has 2 aromatic heterocycles. The first kappa shape index (κ1) is 18.6. The molecule has 8 heteroatoms. The van der Waals surface area contributed by atoms with Gasteiger partial charge >= 0.3 is 6.18 Å². The van der Waals surface area contributed by atoms with Crippen molar-refractivity contribution in [3.05, 3.63) is 71.7 Å². The van der Waals surface area contributed by atoms with Gasteiger partial charge in [0.15, 0.2) is 0 Å². The highest BCUT2D eigenvalue weighted by Crippen LogP contribution is 2.29. The number of hydrogen-bond acceptors (Lipinski definition) is 3. The van der Waals surface area contributed by atoms with Crippen molar-refractivity contribution in [3.8, 4) is 11.3 Å². The van der Waals surface area contributed by atoms with Gasteiger partial charge < -0.3 is 4.90 Å². The SMILES string of the molecule is CN(Cc1ccc(C(F)(F)F)cc1)C(=O)c1cn(C)nc1-c1cccnc1. The van der Waals surface area contributed by atoms with E-state index in [0.717, 1.165) is 12.1 Å². The van der Waals surface area contributed by atoms with E-state index in [9.17, 15) is 18.0 Å². The maximum absolute atomic E-state index is 12.9. The molecule has 5 nitrogen and oxygen atoms in total. The third-order valence-corrected chi connectivity index (χ3v) is 4.04. The molecular formula is C19H17F3N4O. The summed E-state index contributed by atoms with van der Waals surface area (Å²) < 4.78 is 39.5. The van der Waals surface area contributed by atoms with E-state index in [4.69, 9.17) is 0 Å². The van der Waals surface area contributed by atoms with Gasteiger partial charge in [-0.05, 0) is 29.8 Å². The maximum Gasteiger partial charge on any atom is 0.416 e. The number of pyridine rings is 1. The van der Waals surface area contributed by atoms with Gasteiger partial charge in [0.25, 0.3) is 5.91 Å². The summed E-state index contributed by atoms with van der Waals surface area (Å²) in [4.78, 5) is 18.3. The molecule has 0 aliphatic heterocycles. The van der Waals surface area contributed by atoms with Gasteiger partial charge in [0, 0.05) is 44.8 Å². The van der Waals surface area contributed by atoms with Gasteiger partial charge in [-0.3, -0.25) is 14.5 Å². The van der Waals surface area contributed by atoms with Crippen LogP contribution >= 0.6 is 0 Å². The van der Waals surface area contributed by atoms with Crippen LogP contribution in [-0.4, -0.2) is 32.6 Å². The van der Waals surface area contributed by atoms with Crippen LogP contribution in [0.4, 0.5) is 13.2 Å². The molecule has 0 fully saturated rings. The van der Waals surface area contributed by atoms with Crippen molar-refractivity contribution in [1.29, 1.82) is 0 Å². The minimum atomic E-state index is -4.38. The smallest absolute Gasteiger partial charge is 0.337 e. The van der Waals surface area contributed by atoms with E-state index in [1.165, 1.54) is 17.0 Å². The molecule has 1 amide bonds. The van der Waals surface area contributed by atoms with E-state index in [0.29, 0.717) is 22.4 Å². The Balaban J connectivity index is 1.80. The van der Waals surface area contributed by atoms with Crippen LogP contribution in [0.2, 0.25) is 0 Å². The number of aryl methyl sites for hydroxylation is 1. The summed E-state index contributed by atoms with van der Waals surface area (Å²) in [5.41, 5.74) is 1.51. The van der Waals surface area contributed by atoms with Crippen molar-refractivity contribution in [1.82, 2.24) is 19.7 Å². The molecule has 3 rings (SSSR count). The highest BCUT2D eigenvalue weighted by atomic mass is 19.4. The first-order valence-corrected chi connectivity index (χ1v) is 8.11. The Bertz CT molecular complexity index is 934. The molecule has 0 aliphatic carbocycles. The fraction of sp³-hybridized carbons (Fsp3) is 0.211. The quantitative estimate of drug-likeness (QED) is 0.699. The number of benzene rings is 1. The highest BCUT2D eigenvalue weighted by molar-refractivity contribution is 5.99. The van der Waals surface area contributed by atoms with Crippen LogP contribution < -0.4 is 0 Å². The first-order chi connectivity index (χ1) is 12.8. The Kier molecular flexibility index (Phi) is 4.98. The number of carbonyl (C=O) groups is 1. The van der Waals surface area contributed by atoms with Gasteiger partial charge in [-0.2, -0.15) is 18.3 Å². The van der Waals surface area contributed by atoms with Crippen molar-refractivity contribution in [2.75, 3.05) is 7.05 Å². The summed E-state index contributed by atoms with van der Waals surface area (Å²) in [5, 5.41) is 4.33. The van der Waals surface area contributed by atoms with E-state index < -0.39 is 11.7 Å². The second kappa shape index (κ2) is 7.22. The predicted molar refractivity (Wildman–Crippen MR) is 93.7 cm³/mol. The Hall–Kier alpha value is -3.16. The monoisotopic (exact) mass is 374 g/mol. The lowest BCUT2D eigenvalue weighted by Crippen LogP contribution is -2.26. The summed E-state index contributed by atoms with van der Waals surface area (Å²) in [7, 11) is 3.31. The third kappa shape index (κ3) is 4.16. The van der Waals surface area contributed by atoms with Crippen LogP contribution in [0.15, 0.2) is 55.0 Å². The van der Waals surface area contributed by atoms with E-state index in [2.05, 4.69) is 10.1 Å². The van der Waals surface area contributed by atoms with Gasteiger partial charge in [0.05, 0.1) is 11.1 Å². The van der Waals surface area contributed by atoms with Crippen LogP contribution in [0.5, 0.6) is 0 Å². The second-order valence-electron chi connectivity index (χ2n) is 6.16. The molecule has 0 radical (unpaired) electrons. The molecule has 2 heterocycles. The van der Waals surface area contributed by atoms with Crippen molar-refractivity contribution < 1.29 is 18.0 Å². The third-order valence-electron chi connectivity index (χ3n) is 4.04. The summed E-state index contributed by atoms with van der Waals surface area (Å²) >= 11 is 0. The molecule has 0 spiro atoms. The standard InChI is InChI=1S/C19H17F3N4O/c1-25(11-13-5-7-15(8-6-13)19(20,21)22)18(27)16-12-26(2)24-17(16)14-4-3-9-23-10-14/h3-10,12H,11H2,1-2H3. The van der Waals surface area contributed by atoms with E-state index in [1.54, 1.807) is 43.4 Å². The molecule has 0 bridgehead atoms. The zero-order valence-corrected chi connectivity index (χ0v) is 14.7. The average Bonchev–Trinajstić information content (AvgIpc) is 3.03. The maximum atomic E-state index is 12.9. The van der Waals surface area contributed by atoms with Crippen LogP contribution in [-0.2, 0) is 19.8 Å². The van der Waals surface area contributed by atoms with Gasteiger partial charge in [0.1, 0.15) is 5.69 Å². The minimum absolute atomic E-state index is 0.179. The van der Waals surface area contributed by atoms with Gasteiger partial charge in [-0.15, -0.1) is 0 Å². The molecular weight excluding hydrogens is 357 g/mol. The van der Waals surface area contributed by atoms with Crippen molar-refractivity contribution in [3.63, 3.8) is 0 Å². The first-order valence-electron chi connectivity index (χ1n) is 8.11. The summed E-state index contributed by atoms with van der Waals surface area (Å²) in [6.07, 6.45) is 0.488. The molecule has 0 saturated carbocycles. The van der Waals surface area contributed by atoms with E-state index in [1.807, 2.05) is 6.07 Å². The largest absolute Gasteiger partial charge is 0.416 e. The zero-order valence-electron chi connectivity index (χ0n) is 14.7. The average molecular weight is 374 g/mol. The Morgan fingerprint density at radius 3 is 2.48 bits per heavy atom. The van der Waals surface area contributed by atoms with Crippen molar-refractivity contribution in [2.24, 2.45) is 7.05 Å². The summed E-state index contributed by atoms with van der Waals surface area (Å²) in [6.45, 7) is 0.179. The lowest BCUT2D eigenvalue weighted by Gasteiger charge is -2.17. The van der Waals surface area contributed by atoms with Gasteiger partial charge in [0.2, 0.25) is 0 Å². The number of carbonyl (C=O) groups excluding carboxylic acids is 1. The number of hydrogen-bond donors (Lipinski definition) is 0. The Morgan fingerprint density at radius 1 is 1.19 bits per heavy atom. The molecule has 140 valence electrons. The molecule has 1 aromatic carbocycles. The number of amides is 1. The van der Waals surface area contributed by atoms with Crippen LogP contribution in [0.1, 0.15) is 21.5 Å². The minimum Gasteiger partial charge on any atom is -0.337 e. The molecule has 0 atom stereocenters. The zero-order chi connectivity index (χ0) is 19.6. The fourth-order valence-electron chi connectivity index (χ4n) is 2.71. The number of alkyl halides is 3. The molecule has 27 heavy (non-hydrogen) atoms. The second-order valence-corrected chi connectivity index (χ2v) is 6.16. The Labute approximate surface area is 154 Å². The fourth-order valence-corrected chi connectivity index (χ4v) is 2.71.